The van der Waals surface area contributed by atoms with Crippen LogP contribution in [0.1, 0.15) is 17.0 Å². The maximum Gasteiger partial charge on any atom is 0.178 e. The molecule has 4 heteroatoms. The van der Waals surface area contributed by atoms with Crippen molar-refractivity contribution in [2.24, 2.45) is 0 Å². The molecule has 82 valence electrons. The standard InChI is InChI=1S/C12H12ClN3/c1-8-3-4-11(14-7-8)12-15-9(2)5-10(6-13)16-12/h3-5,7H,6H2,1-2H3. The summed E-state index contributed by atoms with van der Waals surface area (Å²) in [6.07, 6.45) is 1.81. The van der Waals surface area contributed by atoms with E-state index >= 15 is 0 Å². The Labute approximate surface area is 99.5 Å². The zero-order valence-corrected chi connectivity index (χ0v) is 9.99. The van der Waals surface area contributed by atoms with Crippen LogP contribution < -0.4 is 0 Å². The van der Waals surface area contributed by atoms with Crippen molar-refractivity contribution in [3.8, 4) is 11.5 Å². The van der Waals surface area contributed by atoms with Crippen molar-refractivity contribution in [2.45, 2.75) is 19.7 Å². The number of aromatic nitrogens is 3. The lowest BCUT2D eigenvalue weighted by Gasteiger charge is -2.03. The number of hydrogen-bond acceptors (Lipinski definition) is 3. The van der Waals surface area contributed by atoms with Crippen molar-refractivity contribution in [1.29, 1.82) is 0 Å². The number of halogens is 1. The predicted octanol–water partition coefficient (Wildman–Crippen LogP) is 2.89. The minimum atomic E-state index is 0.391. The minimum Gasteiger partial charge on any atom is -0.253 e. The highest BCUT2D eigenvalue weighted by molar-refractivity contribution is 6.16. The summed E-state index contributed by atoms with van der Waals surface area (Å²) in [7, 11) is 0. The van der Waals surface area contributed by atoms with Crippen molar-refractivity contribution in [1.82, 2.24) is 15.0 Å². The van der Waals surface area contributed by atoms with Gasteiger partial charge in [0.2, 0.25) is 0 Å². The summed E-state index contributed by atoms with van der Waals surface area (Å²) in [5.74, 6) is 1.03. The summed E-state index contributed by atoms with van der Waals surface area (Å²) < 4.78 is 0. The summed E-state index contributed by atoms with van der Waals surface area (Å²) in [6.45, 7) is 3.92. The first-order valence-corrected chi connectivity index (χ1v) is 5.56. The van der Waals surface area contributed by atoms with Gasteiger partial charge in [0.15, 0.2) is 5.82 Å². The molecule has 0 saturated heterocycles. The molecule has 0 unspecified atom stereocenters. The van der Waals surface area contributed by atoms with Crippen molar-refractivity contribution < 1.29 is 0 Å². The highest BCUT2D eigenvalue weighted by Gasteiger charge is 2.05. The molecule has 0 saturated carbocycles. The molecule has 2 aromatic rings. The molecule has 0 aliphatic carbocycles. The first-order valence-electron chi connectivity index (χ1n) is 5.02. The fourth-order valence-corrected chi connectivity index (χ4v) is 1.55. The molecule has 0 fully saturated rings. The van der Waals surface area contributed by atoms with E-state index in [4.69, 9.17) is 11.6 Å². The molecule has 2 aromatic heterocycles. The van der Waals surface area contributed by atoms with Gasteiger partial charge >= 0.3 is 0 Å². The Kier molecular flexibility index (Phi) is 3.15. The van der Waals surface area contributed by atoms with Crippen LogP contribution in [0.15, 0.2) is 24.4 Å². The molecule has 0 bridgehead atoms. The van der Waals surface area contributed by atoms with Gasteiger partial charge in [0.25, 0.3) is 0 Å². The van der Waals surface area contributed by atoms with Crippen LogP contribution in [-0.2, 0) is 5.88 Å². The van der Waals surface area contributed by atoms with E-state index < -0.39 is 0 Å². The molecule has 0 N–H and O–H groups in total. The largest absolute Gasteiger partial charge is 0.253 e. The van der Waals surface area contributed by atoms with Crippen molar-refractivity contribution >= 4 is 11.6 Å². The van der Waals surface area contributed by atoms with Gasteiger partial charge in [-0.05, 0) is 31.5 Å². The third-order valence-corrected chi connectivity index (χ3v) is 2.46. The second kappa shape index (κ2) is 4.58. The summed E-state index contributed by atoms with van der Waals surface area (Å²) >= 11 is 5.77. The second-order valence-electron chi connectivity index (χ2n) is 3.68. The third-order valence-electron chi connectivity index (χ3n) is 2.18. The topological polar surface area (TPSA) is 38.7 Å². The number of rotatable bonds is 2. The van der Waals surface area contributed by atoms with Crippen LogP contribution >= 0.6 is 11.6 Å². The SMILES string of the molecule is Cc1ccc(-c2nc(C)cc(CCl)n2)nc1. The number of aryl methyl sites for hydroxylation is 2. The Morgan fingerprint density at radius 2 is 2.00 bits per heavy atom. The Morgan fingerprint density at radius 1 is 1.19 bits per heavy atom. The molecular weight excluding hydrogens is 222 g/mol. The maximum absolute atomic E-state index is 5.77. The molecule has 2 heterocycles. The van der Waals surface area contributed by atoms with E-state index in [9.17, 15) is 0 Å². The lowest BCUT2D eigenvalue weighted by atomic mass is 10.2. The Hall–Kier alpha value is -1.48. The van der Waals surface area contributed by atoms with Gasteiger partial charge in [-0.1, -0.05) is 6.07 Å². The van der Waals surface area contributed by atoms with Crippen LogP contribution in [0.2, 0.25) is 0 Å². The molecule has 0 aliphatic heterocycles. The highest BCUT2D eigenvalue weighted by Crippen LogP contribution is 2.14. The fourth-order valence-electron chi connectivity index (χ4n) is 1.42. The van der Waals surface area contributed by atoms with Crippen molar-refractivity contribution in [3.05, 3.63) is 41.3 Å². The molecule has 16 heavy (non-hydrogen) atoms. The lowest BCUT2D eigenvalue weighted by Crippen LogP contribution is -1.97. The molecular formula is C12H12ClN3. The van der Waals surface area contributed by atoms with E-state index in [1.54, 1.807) is 6.20 Å². The smallest absolute Gasteiger partial charge is 0.178 e. The van der Waals surface area contributed by atoms with Crippen LogP contribution in [0.5, 0.6) is 0 Å². The van der Waals surface area contributed by atoms with Gasteiger partial charge in [0.05, 0.1) is 11.6 Å². The average Bonchev–Trinajstić information content (AvgIpc) is 2.29. The first-order chi connectivity index (χ1) is 7.69. The van der Waals surface area contributed by atoms with Gasteiger partial charge in [0.1, 0.15) is 5.69 Å². The molecule has 0 aliphatic rings. The Balaban J connectivity index is 2.47. The van der Waals surface area contributed by atoms with Crippen molar-refractivity contribution in [2.75, 3.05) is 0 Å². The summed E-state index contributed by atoms with van der Waals surface area (Å²) in [6, 6.07) is 5.79. The molecule has 0 spiro atoms. The van der Waals surface area contributed by atoms with E-state index in [0.29, 0.717) is 11.7 Å². The van der Waals surface area contributed by atoms with Gasteiger partial charge < -0.3 is 0 Å². The summed E-state index contributed by atoms with van der Waals surface area (Å²) in [5.41, 5.74) is 3.63. The van der Waals surface area contributed by atoms with Crippen LogP contribution in [0, 0.1) is 13.8 Å². The van der Waals surface area contributed by atoms with E-state index in [-0.39, 0.29) is 0 Å². The van der Waals surface area contributed by atoms with Gasteiger partial charge in [-0.2, -0.15) is 0 Å². The van der Waals surface area contributed by atoms with E-state index in [0.717, 1.165) is 22.6 Å². The predicted molar refractivity (Wildman–Crippen MR) is 64.3 cm³/mol. The third kappa shape index (κ3) is 2.36. The van der Waals surface area contributed by atoms with Crippen LogP contribution in [-0.4, -0.2) is 15.0 Å². The molecule has 0 atom stereocenters. The fraction of sp³-hybridized carbons (Fsp3) is 0.250. The van der Waals surface area contributed by atoms with Gasteiger partial charge in [-0.25, -0.2) is 9.97 Å². The first kappa shape index (κ1) is 11.0. The minimum absolute atomic E-state index is 0.391. The monoisotopic (exact) mass is 233 g/mol. The van der Waals surface area contributed by atoms with E-state index in [2.05, 4.69) is 15.0 Å². The second-order valence-corrected chi connectivity index (χ2v) is 3.95. The number of alkyl halides is 1. The average molecular weight is 234 g/mol. The molecule has 0 aromatic carbocycles. The molecule has 2 rings (SSSR count). The van der Waals surface area contributed by atoms with Crippen molar-refractivity contribution in [3.63, 3.8) is 0 Å². The zero-order valence-electron chi connectivity index (χ0n) is 9.24. The van der Waals surface area contributed by atoms with Gasteiger partial charge in [-0.15, -0.1) is 11.6 Å². The highest BCUT2D eigenvalue weighted by atomic mass is 35.5. The molecule has 0 radical (unpaired) electrons. The quantitative estimate of drug-likeness (QED) is 0.749. The van der Waals surface area contributed by atoms with Gasteiger partial charge in [-0.3, -0.25) is 4.98 Å². The van der Waals surface area contributed by atoms with Crippen LogP contribution in [0.3, 0.4) is 0 Å². The van der Waals surface area contributed by atoms with Crippen LogP contribution in [0.25, 0.3) is 11.5 Å². The lowest BCUT2D eigenvalue weighted by molar-refractivity contribution is 1.03. The van der Waals surface area contributed by atoms with E-state index in [1.165, 1.54) is 0 Å². The molecule has 3 nitrogen and oxygen atoms in total. The normalized spacial score (nSPS) is 10.4. The zero-order chi connectivity index (χ0) is 11.5. The summed E-state index contributed by atoms with van der Waals surface area (Å²) in [4.78, 5) is 13.0. The molecule has 0 amide bonds. The number of nitrogens with zero attached hydrogens (tertiary/aromatic N) is 3. The van der Waals surface area contributed by atoms with E-state index in [1.807, 2.05) is 32.0 Å². The Bertz CT molecular complexity index is 494. The van der Waals surface area contributed by atoms with Gasteiger partial charge in [0, 0.05) is 11.9 Å². The maximum atomic E-state index is 5.77. The number of hydrogen-bond donors (Lipinski definition) is 0. The summed E-state index contributed by atoms with van der Waals surface area (Å²) in [5, 5.41) is 0. The number of pyridine rings is 1. The van der Waals surface area contributed by atoms with Crippen LogP contribution in [0.4, 0.5) is 0 Å². The Morgan fingerprint density at radius 3 is 2.62 bits per heavy atom.